The van der Waals surface area contributed by atoms with Gasteiger partial charge in [0.25, 0.3) is 5.91 Å². The van der Waals surface area contributed by atoms with Crippen molar-refractivity contribution in [2.45, 2.75) is 19.1 Å². The van der Waals surface area contributed by atoms with E-state index in [2.05, 4.69) is 15.6 Å². The van der Waals surface area contributed by atoms with Gasteiger partial charge in [-0.3, -0.25) is 9.59 Å². The minimum atomic E-state index is -1.05. The highest BCUT2D eigenvalue weighted by molar-refractivity contribution is 5.98. The van der Waals surface area contributed by atoms with Crippen LogP contribution in [0.15, 0.2) is 97.1 Å². The topological polar surface area (TPSA) is 92.6 Å². The molecule has 1 aromatic heterocycles. The molecule has 0 bridgehead atoms. The Hall–Kier alpha value is -5.25. The minimum absolute atomic E-state index is 0.0423. The van der Waals surface area contributed by atoms with E-state index < -0.39 is 17.8 Å². The van der Waals surface area contributed by atoms with Crippen LogP contribution in [0, 0.1) is 5.82 Å². The zero-order valence-electron chi connectivity index (χ0n) is 23.6. The third-order valence-electron chi connectivity index (χ3n) is 6.91. The molecule has 0 spiro atoms. The molecule has 5 rings (SSSR count). The summed E-state index contributed by atoms with van der Waals surface area (Å²) in [5, 5.41) is 11.3. The van der Waals surface area contributed by atoms with Crippen LogP contribution >= 0.6 is 0 Å². The van der Waals surface area contributed by atoms with Gasteiger partial charge in [-0.15, -0.1) is 5.10 Å². The third kappa shape index (κ3) is 6.38. The van der Waals surface area contributed by atoms with E-state index in [1.165, 1.54) is 28.8 Å². The fourth-order valence-electron chi connectivity index (χ4n) is 4.70. The van der Waals surface area contributed by atoms with E-state index in [-0.39, 0.29) is 19.0 Å². The average molecular weight is 567 g/mol. The summed E-state index contributed by atoms with van der Waals surface area (Å²) in [7, 11) is 5.41. The molecule has 5 aromatic rings. The normalized spacial score (nSPS) is 11.6. The Bertz CT molecular complexity index is 1690. The van der Waals surface area contributed by atoms with Crippen LogP contribution in [0.5, 0.6) is 5.75 Å². The lowest BCUT2D eigenvalue weighted by molar-refractivity contribution is -0.140. The second-order valence-corrected chi connectivity index (χ2v) is 9.99. The van der Waals surface area contributed by atoms with Gasteiger partial charge in [0.1, 0.15) is 29.7 Å². The van der Waals surface area contributed by atoms with Crippen molar-refractivity contribution in [3.05, 3.63) is 114 Å². The van der Waals surface area contributed by atoms with Crippen molar-refractivity contribution >= 4 is 34.2 Å². The Kier molecular flexibility index (Phi) is 8.42. The Morgan fingerprint density at radius 2 is 1.69 bits per heavy atom. The van der Waals surface area contributed by atoms with E-state index in [0.717, 1.165) is 5.69 Å². The second-order valence-electron chi connectivity index (χ2n) is 9.99. The lowest BCUT2D eigenvalue weighted by Gasteiger charge is -2.32. The summed E-state index contributed by atoms with van der Waals surface area (Å²) in [6.45, 7) is -0.117. The van der Waals surface area contributed by atoms with Gasteiger partial charge in [0, 0.05) is 32.0 Å². The molecule has 214 valence electrons. The molecule has 42 heavy (non-hydrogen) atoms. The number of anilines is 2. The van der Waals surface area contributed by atoms with Crippen LogP contribution in [0.3, 0.4) is 0 Å². The second kappa shape index (κ2) is 12.5. The number of benzene rings is 4. The van der Waals surface area contributed by atoms with Gasteiger partial charge in [0.2, 0.25) is 5.91 Å². The largest absolute Gasteiger partial charge is 0.497 e. The monoisotopic (exact) mass is 566 g/mol. The van der Waals surface area contributed by atoms with Gasteiger partial charge in [0.15, 0.2) is 0 Å². The zero-order valence-corrected chi connectivity index (χ0v) is 23.6. The van der Waals surface area contributed by atoms with Crippen LogP contribution in [0.1, 0.15) is 17.2 Å². The zero-order chi connectivity index (χ0) is 29.6. The minimum Gasteiger partial charge on any atom is -0.497 e. The molecule has 1 unspecified atom stereocenters. The summed E-state index contributed by atoms with van der Waals surface area (Å²) in [4.78, 5) is 31.6. The summed E-state index contributed by atoms with van der Waals surface area (Å²) in [6, 6.07) is 26.6. The molecule has 1 atom stereocenters. The van der Waals surface area contributed by atoms with Crippen molar-refractivity contribution in [1.29, 1.82) is 0 Å². The van der Waals surface area contributed by atoms with E-state index >= 15 is 0 Å². The first-order valence-corrected chi connectivity index (χ1v) is 13.4. The Morgan fingerprint density at radius 3 is 2.40 bits per heavy atom. The van der Waals surface area contributed by atoms with Crippen molar-refractivity contribution in [3.63, 3.8) is 0 Å². The maximum Gasteiger partial charge on any atom is 0.251 e. The van der Waals surface area contributed by atoms with E-state index in [1.54, 1.807) is 36.4 Å². The van der Waals surface area contributed by atoms with Crippen LogP contribution in [-0.2, 0) is 22.7 Å². The number of rotatable bonds is 10. The number of carbonyl (C=O) groups excluding carboxylic acids is 2. The quantitative estimate of drug-likeness (QED) is 0.254. The molecule has 0 aliphatic rings. The summed E-state index contributed by atoms with van der Waals surface area (Å²) in [6.07, 6.45) is 0. The highest BCUT2D eigenvalue weighted by Gasteiger charge is 2.32. The summed E-state index contributed by atoms with van der Waals surface area (Å²) < 4.78 is 20.7. The number of aromatic nitrogens is 3. The average Bonchev–Trinajstić information content (AvgIpc) is 3.40. The van der Waals surface area contributed by atoms with Gasteiger partial charge in [-0.1, -0.05) is 41.6 Å². The molecule has 0 fully saturated rings. The molecule has 0 saturated carbocycles. The number of hydrogen-bond donors (Lipinski definition) is 1. The Balaban J connectivity index is 1.55. The predicted molar refractivity (Wildman–Crippen MR) is 160 cm³/mol. The standard InChI is InChI=1S/C32H31FN6O3/c1-37(2)26-17-15-25(16-18-26)34-32(41)31(23-7-6-8-27(19-23)42-3)38(20-22-11-13-24(33)14-12-22)30(40)21-39-29-10-5-4-9-28(29)35-36-39/h4-19,31H,20-21H2,1-3H3,(H,34,41). The lowest BCUT2D eigenvalue weighted by atomic mass is 10.0. The van der Waals surface area contributed by atoms with Crippen molar-refractivity contribution in [1.82, 2.24) is 19.9 Å². The molecule has 1 N–H and O–H groups in total. The number of nitrogens with one attached hydrogen (secondary N) is 1. The first kappa shape index (κ1) is 28.3. The molecule has 0 radical (unpaired) electrons. The highest BCUT2D eigenvalue weighted by Crippen LogP contribution is 2.29. The van der Waals surface area contributed by atoms with Gasteiger partial charge >= 0.3 is 0 Å². The molecule has 9 nitrogen and oxygen atoms in total. The number of fused-ring (bicyclic) bond motifs is 1. The van der Waals surface area contributed by atoms with E-state index in [1.807, 2.05) is 67.5 Å². The van der Waals surface area contributed by atoms with Crippen molar-refractivity contribution < 1.29 is 18.7 Å². The van der Waals surface area contributed by atoms with Crippen LogP contribution < -0.4 is 15.0 Å². The Morgan fingerprint density at radius 1 is 0.952 bits per heavy atom. The van der Waals surface area contributed by atoms with Crippen LogP contribution in [0.4, 0.5) is 15.8 Å². The van der Waals surface area contributed by atoms with Gasteiger partial charge in [-0.05, 0) is 71.8 Å². The first-order chi connectivity index (χ1) is 20.3. The van der Waals surface area contributed by atoms with E-state index in [9.17, 15) is 14.0 Å². The van der Waals surface area contributed by atoms with Gasteiger partial charge in [0.05, 0.1) is 12.6 Å². The molecule has 4 aromatic carbocycles. The van der Waals surface area contributed by atoms with E-state index in [4.69, 9.17) is 4.74 Å². The van der Waals surface area contributed by atoms with E-state index in [0.29, 0.717) is 33.6 Å². The molecule has 0 aliphatic carbocycles. The number of methoxy groups -OCH3 is 1. The lowest BCUT2D eigenvalue weighted by Crippen LogP contribution is -2.42. The van der Waals surface area contributed by atoms with Gasteiger partial charge in [-0.2, -0.15) is 0 Å². The van der Waals surface area contributed by atoms with Crippen molar-refractivity contribution in [2.24, 2.45) is 0 Å². The SMILES string of the molecule is COc1cccc(C(C(=O)Nc2ccc(N(C)C)cc2)N(Cc2ccc(F)cc2)C(=O)Cn2nnc3ccccc32)c1. The number of amides is 2. The summed E-state index contributed by atoms with van der Waals surface area (Å²) in [5.74, 6) is -0.647. The molecule has 2 amide bonds. The van der Waals surface area contributed by atoms with Crippen LogP contribution in [0.25, 0.3) is 11.0 Å². The maximum atomic E-state index is 14.1. The molecule has 0 aliphatic heterocycles. The summed E-state index contributed by atoms with van der Waals surface area (Å²) >= 11 is 0. The fraction of sp³-hybridized carbons (Fsp3) is 0.188. The number of halogens is 1. The van der Waals surface area contributed by atoms with Crippen molar-refractivity contribution in [2.75, 3.05) is 31.4 Å². The number of nitrogens with zero attached hydrogens (tertiary/aromatic N) is 5. The van der Waals surface area contributed by atoms with Crippen LogP contribution in [0.2, 0.25) is 0 Å². The number of ether oxygens (including phenoxy) is 1. The number of carbonyl (C=O) groups is 2. The fourth-order valence-corrected chi connectivity index (χ4v) is 4.70. The smallest absolute Gasteiger partial charge is 0.251 e. The molecule has 0 saturated heterocycles. The van der Waals surface area contributed by atoms with Crippen molar-refractivity contribution in [3.8, 4) is 5.75 Å². The van der Waals surface area contributed by atoms with Gasteiger partial charge < -0.3 is 19.9 Å². The number of hydrogen-bond acceptors (Lipinski definition) is 6. The molecular weight excluding hydrogens is 535 g/mol. The highest BCUT2D eigenvalue weighted by atomic mass is 19.1. The molecule has 1 heterocycles. The molecule has 10 heteroatoms. The predicted octanol–water partition coefficient (Wildman–Crippen LogP) is 5.05. The van der Waals surface area contributed by atoms with Crippen LogP contribution in [-0.4, -0.2) is 52.9 Å². The molecular formula is C32H31FN6O3. The third-order valence-corrected chi connectivity index (χ3v) is 6.91. The summed E-state index contributed by atoms with van der Waals surface area (Å²) in [5.41, 5.74) is 4.11. The Labute approximate surface area is 243 Å². The number of para-hydroxylation sites is 1. The maximum absolute atomic E-state index is 14.1. The van der Waals surface area contributed by atoms with Gasteiger partial charge in [-0.25, -0.2) is 9.07 Å². The first-order valence-electron chi connectivity index (χ1n) is 13.4.